The quantitative estimate of drug-likeness (QED) is 0.790. The van der Waals surface area contributed by atoms with Crippen LogP contribution in [0.15, 0.2) is 0 Å². The molecule has 0 aromatic carbocycles. The molecule has 20 heavy (non-hydrogen) atoms. The van der Waals surface area contributed by atoms with Crippen LogP contribution in [0.1, 0.15) is 57.0 Å². The largest absolute Gasteiger partial charge is 0.351 e. The van der Waals surface area contributed by atoms with Gasteiger partial charge in [-0.05, 0) is 25.2 Å². The van der Waals surface area contributed by atoms with E-state index in [4.69, 9.17) is 4.98 Å². The predicted octanol–water partition coefficient (Wildman–Crippen LogP) is 3.83. The maximum absolute atomic E-state index is 4.89. The number of rotatable bonds is 8. The van der Waals surface area contributed by atoms with Crippen molar-refractivity contribution < 1.29 is 0 Å². The lowest BCUT2D eigenvalue weighted by Crippen LogP contribution is -2.29. The minimum atomic E-state index is 0.530. The Kier molecular flexibility index (Phi) is 5.85. The van der Waals surface area contributed by atoms with E-state index in [1.165, 1.54) is 47.9 Å². The summed E-state index contributed by atoms with van der Waals surface area (Å²) in [5.41, 5.74) is 1.31. The Balaban J connectivity index is 2.02. The van der Waals surface area contributed by atoms with Crippen LogP contribution in [0.5, 0.6) is 0 Å². The van der Waals surface area contributed by atoms with Crippen molar-refractivity contribution in [3.05, 3.63) is 10.6 Å². The van der Waals surface area contributed by atoms with Crippen LogP contribution < -0.4 is 10.2 Å². The molecule has 0 spiro atoms. The summed E-state index contributed by atoms with van der Waals surface area (Å²) >= 11 is 1.88. The highest BCUT2D eigenvalue weighted by Crippen LogP contribution is 2.31. The lowest BCUT2D eigenvalue weighted by atomic mass is 9.85. The van der Waals surface area contributed by atoms with Crippen LogP contribution in [-0.4, -0.2) is 24.6 Å². The molecule has 0 aliphatic heterocycles. The molecule has 1 aliphatic carbocycles. The Labute approximate surface area is 127 Å². The molecular weight excluding hydrogens is 266 g/mol. The Morgan fingerprint density at radius 3 is 2.70 bits per heavy atom. The molecule has 0 atom stereocenters. The van der Waals surface area contributed by atoms with Crippen molar-refractivity contribution in [3.8, 4) is 0 Å². The van der Waals surface area contributed by atoms with Crippen molar-refractivity contribution in [2.75, 3.05) is 18.5 Å². The number of thiazole rings is 1. The number of aromatic nitrogens is 1. The van der Waals surface area contributed by atoms with Crippen molar-refractivity contribution in [1.82, 2.24) is 10.3 Å². The zero-order chi connectivity index (χ0) is 14.5. The molecule has 1 aliphatic rings. The molecule has 4 heteroatoms. The first-order chi connectivity index (χ1) is 9.60. The molecule has 114 valence electrons. The topological polar surface area (TPSA) is 28.2 Å². The molecule has 1 aromatic rings. The second-order valence-corrected chi connectivity index (χ2v) is 7.39. The maximum Gasteiger partial charge on any atom is 0.185 e. The molecule has 0 radical (unpaired) electrons. The Morgan fingerprint density at radius 1 is 1.40 bits per heavy atom. The highest BCUT2D eigenvalue weighted by molar-refractivity contribution is 7.15. The van der Waals surface area contributed by atoms with Crippen LogP contribution in [0.2, 0.25) is 0 Å². The zero-order valence-corrected chi connectivity index (χ0v) is 14.2. The molecule has 0 amide bonds. The number of anilines is 1. The molecule has 1 saturated carbocycles. The van der Waals surface area contributed by atoms with Gasteiger partial charge in [0.25, 0.3) is 0 Å². The van der Waals surface area contributed by atoms with E-state index in [0.29, 0.717) is 6.04 Å². The zero-order valence-electron chi connectivity index (χ0n) is 13.4. The maximum atomic E-state index is 4.89. The number of nitrogens with zero attached hydrogens (tertiary/aromatic N) is 2. The minimum Gasteiger partial charge on any atom is -0.351 e. The molecule has 1 fully saturated rings. The van der Waals surface area contributed by atoms with E-state index < -0.39 is 0 Å². The Bertz CT molecular complexity index is 410. The highest BCUT2D eigenvalue weighted by atomic mass is 32.1. The Hall–Kier alpha value is -0.610. The third-order valence-corrected chi connectivity index (χ3v) is 5.22. The number of hydrogen-bond donors (Lipinski definition) is 1. The van der Waals surface area contributed by atoms with E-state index in [1.807, 2.05) is 11.3 Å². The summed E-state index contributed by atoms with van der Waals surface area (Å²) in [4.78, 5) is 8.69. The van der Waals surface area contributed by atoms with E-state index in [0.717, 1.165) is 18.9 Å². The average Bonchev–Trinajstić information content (AvgIpc) is 2.75. The van der Waals surface area contributed by atoms with Gasteiger partial charge in [0.15, 0.2) is 5.13 Å². The van der Waals surface area contributed by atoms with Crippen molar-refractivity contribution in [3.63, 3.8) is 0 Å². The van der Waals surface area contributed by atoms with Gasteiger partial charge in [0, 0.05) is 31.1 Å². The van der Waals surface area contributed by atoms with E-state index in [9.17, 15) is 0 Å². The van der Waals surface area contributed by atoms with Gasteiger partial charge >= 0.3 is 0 Å². The van der Waals surface area contributed by atoms with Crippen LogP contribution in [0.4, 0.5) is 5.13 Å². The summed E-state index contributed by atoms with van der Waals surface area (Å²) in [5.74, 6) is 0.899. The average molecular weight is 295 g/mol. The van der Waals surface area contributed by atoms with E-state index in [2.05, 4.69) is 38.0 Å². The molecule has 2 rings (SSSR count). The van der Waals surface area contributed by atoms with Crippen LogP contribution in [0.25, 0.3) is 0 Å². The van der Waals surface area contributed by atoms with Crippen LogP contribution in [-0.2, 0) is 13.0 Å². The minimum absolute atomic E-state index is 0.530. The summed E-state index contributed by atoms with van der Waals surface area (Å²) < 4.78 is 0. The number of nitrogens with one attached hydrogen (secondary N) is 1. The van der Waals surface area contributed by atoms with Gasteiger partial charge in [-0.2, -0.15) is 0 Å². The fraction of sp³-hybridized carbons (Fsp3) is 0.812. The van der Waals surface area contributed by atoms with Gasteiger partial charge in [0.1, 0.15) is 0 Å². The first-order valence-corrected chi connectivity index (χ1v) is 8.84. The summed E-state index contributed by atoms with van der Waals surface area (Å²) in [7, 11) is 2.20. The molecule has 1 aromatic heterocycles. The van der Waals surface area contributed by atoms with Crippen LogP contribution in [0, 0.1) is 5.92 Å². The van der Waals surface area contributed by atoms with E-state index in [-0.39, 0.29) is 0 Å². The van der Waals surface area contributed by atoms with Crippen molar-refractivity contribution in [2.24, 2.45) is 5.92 Å². The summed E-state index contributed by atoms with van der Waals surface area (Å²) in [6.45, 7) is 8.77. The number of aryl methyl sites for hydroxylation is 1. The Morgan fingerprint density at radius 2 is 2.15 bits per heavy atom. The van der Waals surface area contributed by atoms with Crippen molar-refractivity contribution >= 4 is 16.5 Å². The predicted molar refractivity (Wildman–Crippen MR) is 88.7 cm³/mol. The molecule has 1 N–H and O–H groups in total. The second-order valence-electron chi connectivity index (χ2n) is 6.33. The molecule has 0 saturated heterocycles. The van der Waals surface area contributed by atoms with Gasteiger partial charge in [0.2, 0.25) is 0 Å². The van der Waals surface area contributed by atoms with Gasteiger partial charge in [-0.15, -0.1) is 11.3 Å². The van der Waals surface area contributed by atoms with Crippen LogP contribution >= 0.6 is 11.3 Å². The highest BCUT2D eigenvalue weighted by Gasteiger charge is 2.21. The van der Waals surface area contributed by atoms with Gasteiger partial charge in [-0.3, -0.25) is 0 Å². The third kappa shape index (κ3) is 4.19. The van der Waals surface area contributed by atoms with E-state index >= 15 is 0 Å². The smallest absolute Gasteiger partial charge is 0.185 e. The first kappa shape index (κ1) is 15.8. The molecular formula is C16H29N3S. The molecule has 0 unspecified atom stereocenters. The SMILES string of the molecule is CCCc1nc(N(C)CC2CCC2)sc1CNC(C)C. The molecule has 0 bridgehead atoms. The van der Waals surface area contributed by atoms with Gasteiger partial charge < -0.3 is 10.2 Å². The summed E-state index contributed by atoms with van der Waals surface area (Å²) in [6.07, 6.45) is 6.49. The molecule has 1 heterocycles. The fourth-order valence-corrected chi connectivity index (χ4v) is 3.57. The third-order valence-electron chi connectivity index (χ3n) is 4.01. The standard InChI is InChI=1S/C16H29N3S/c1-5-7-14-15(10-17-12(2)3)20-16(18-14)19(4)11-13-8-6-9-13/h12-13,17H,5-11H2,1-4H3. The number of hydrogen-bond acceptors (Lipinski definition) is 4. The van der Waals surface area contributed by atoms with E-state index in [1.54, 1.807) is 0 Å². The van der Waals surface area contributed by atoms with Crippen molar-refractivity contribution in [1.29, 1.82) is 0 Å². The van der Waals surface area contributed by atoms with Gasteiger partial charge in [0.05, 0.1) is 5.69 Å². The summed E-state index contributed by atoms with van der Waals surface area (Å²) in [5, 5.41) is 4.74. The van der Waals surface area contributed by atoms with Crippen molar-refractivity contribution in [2.45, 2.75) is 65.5 Å². The lowest BCUT2D eigenvalue weighted by Gasteiger charge is -2.29. The lowest BCUT2D eigenvalue weighted by molar-refractivity contribution is 0.321. The van der Waals surface area contributed by atoms with Crippen LogP contribution in [0.3, 0.4) is 0 Å². The fourth-order valence-electron chi connectivity index (χ4n) is 2.54. The monoisotopic (exact) mass is 295 g/mol. The second kappa shape index (κ2) is 7.41. The van der Waals surface area contributed by atoms with Gasteiger partial charge in [-0.1, -0.05) is 33.6 Å². The summed E-state index contributed by atoms with van der Waals surface area (Å²) in [6, 6.07) is 0.530. The normalized spacial score (nSPS) is 15.7. The first-order valence-electron chi connectivity index (χ1n) is 8.03. The van der Waals surface area contributed by atoms with Gasteiger partial charge in [-0.25, -0.2) is 4.98 Å². The molecule has 3 nitrogen and oxygen atoms in total.